The van der Waals surface area contributed by atoms with Gasteiger partial charge < -0.3 is 9.64 Å². The van der Waals surface area contributed by atoms with Gasteiger partial charge in [0.05, 0.1) is 15.5 Å². The minimum Gasteiger partial charge on any atom is -0.463 e. The lowest BCUT2D eigenvalue weighted by atomic mass is 9.76. The van der Waals surface area contributed by atoms with Crippen LogP contribution in [0.4, 0.5) is 5.69 Å². The van der Waals surface area contributed by atoms with Crippen molar-refractivity contribution in [2.75, 3.05) is 11.4 Å². The van der Waals surface area contributed by atoms with E-state index < -0.39 is 5.72 Å². The van der Waals surface area contributed by atoms with Crippen LogP contribution < -0.4 is 9.64 Å². The first-order chi connectivity index (χ1) is 18.3. The second kappa shape index (κ2) is 9.22. The van der Waals surface area contributed by atoms with Crippen LogP contribution in [0, 0.1) is 0 Å². The third kappa shape index (κ3) is 3.54. The quantitative estimate of drug-likeness (QED) is 0.255. The van der Waals surface area contributed by atoms with Crippen molar-refractivity contribution in [3.05, 3.63) is 106 Å². The van der Waals surface area contributed by atoms with Crippen LogP contribution in [0.25, 0.3) is 34.1 Å². The molecule has 1 spiro atoms. The van der Waals surface area contributed by atoms with Crippen molar-refractivity contribution in [3.63, 3.8) is 0 Å². The highest BCUT2D eigenvalue weighted by atomic mass is 35.5. The predicted molar refractivity (Wildman–Crippen MR) is 164 cm³/mol. The Balaban J connectivity index is 1.59. The van der Waals surface area contributed by atoms with Gasteiger partial charge in [0.1, 0.15) is 5.75 Å². The molecule has 192 valence electrons. The molecule has 0 aromatic heterocycles. The number of anilines is 1. The number of benzene rings is 4. The van der Waals surface area contributed by atoms with E-state index in [-0.39, 0.29) is 5.41 Å². The van der Waals surface area contributed by atoms with Crippen molar-refractivity contribution >= 4 is 51.8 Å². The van der Waals surface area contributed by atoms with Crippen LogP contribution in [0.1, 0.15) is 50.8 Å². The molecule has 38 heavy (non-hydrogen) atoms. The summed E-state index contributed by atoms with van der Waals surface area (Å²) >= 11 is 13.0. The number of halogens is 2. The van der Waals surface area contributed by atoms with Gasteiger partial charge in [0.15, 0.2) is 0 Å². The molecule has 0 fully saturated rings. The molecule has 2 aliphatic rings. The van der Waals surface area contributed by atoms with Gasteiger partial charge in [-0.1, -0.05) is 90.8 Å². The first-order valence-corrected chi connectivity index (χ1v) is 14.0. The normalized spacial score (nSPS) is 19.3. The first-order valence-electron chi connectivity index (χ1n) is 13.3. The molecule has 0 saturated carbocycles. The molecule has 2 heterocycles. The highest BCUT2D eigenvalue weighted by molar-refractivity contribution is 6.42. The molecule has 0 amide bonds. The minimum atomic E-state index is -0.704. The van der Waals surface area contributed by atoms with E-state index in [0.717, 1.165) is 41.1 Å². The van der Waals surface area contributed by atoms with Gasteiger partial charge in [-0.2, -0.15) is 0 Å². The van der Waals surface area contributed by atoms with Gasteiger partial charge in [-0.05, 0) is 90.6 Å². The summed E-state index contributed by atoms with van der Waals surface area (Å²) in [6.45, 7) is 9.57. The smallest absolute Gasteiger partial charge is 0.212 e. The molecule has 0 bridgehead atoms. The second-order valence-corrected chi connectivity index (χ2v) is 11.5. The molecule has 4 heteroatoms. The molecule has 6 rings (SSSR count). The predicted octanol–water partition coefficient (Wildman–Crippen LogP) is 10.2. The minimum absolute atomic E-state index is 0.373. The van der Waals surface area contributed by atoms with Crippen molar-refractivity contribution in [1.29, 1.82) is 0 Å². The summed E-state index contributed by atoms with van der Waals surface area (Å²) in [7, 11) is 0. The van der Waals surface area contributed by atoms with Crippen LogP contribution in [0.3, 0.4) is 0 Å². The van der Waals surface area contributed by atoms with Gasteiger partial charge in [0.25, 0.3) is 0 Å². The fourth-order valence-electron chi connectivity index (χ4n) is 6.30. The Hall–Kier alpha value is -3.20. The Morgan fingerprint density at radius 1 is 0.947 bits per heavy atom. The number of ether oxygens (including phenoxy) is 1. The van der Waals surface area contributed by atoms with E-state index in [4.69, 9.17) is 27.9 Å². The molecule has 2 nitrogen and oxygen atoms in total. The van der Waals surface area contributed by atoms with Crippen LogP contribution in [0.5, 0.6) is 5.75 Å². The largest absolute Gasteiger partial charge is 0.463 e. The maximum atomic E-state index is 7.18. The van der Waals surface area contributed by atoms with Gasteiger partial charge in [-0.15, -0.1) is 0 Å². The number of rotatable bonds is 4. The Bertz CT molecular complexity index is 1620. The van der Waals surface area contributed by atoms with Crippen LogP contribution in [0.2, 0.25) is 10.0 Å². The standard InChI is InChI=1S/C34H31Cl2NO/c1-5-11-23-19-31-25(26-15-10-14-24(32(23)26)22-12-8-7-9-13-22)16-17-34(38-31)33(3,4)27-20-28(35)29(36)21-30(27)37(34)18-6-2/h5,7-17,19-21H,6,18H2,1-4H3/b11-5+. The lowest BCUT2D eigenvalue weighted by Gasteiger charge is -2.47. The van der Waals surface area contributed by atoms with Crippen molar-refractivity contribution in [2.24, 2.45) is 0 Å². The van der Waals surface area contributed by atoms with Crippen LogP contribution in [0.15, 0.2) is 78.9 Å². The lowest BCUT2D eigenvalue weighted by molar-refractivity contribution is 0.0537. The van der Waals surface area contributed by atoms with Crippen molar-refractivity contribution in [1.82, 2.24) is 0 Å². The molecule has 1 atom stereocenters. The third-order valence-corrected chi connectivity index (χ3v) is 8.84. The first kappa shape index (κ1) is 25.1. The van der Waals surface area contributed by atoms with Crippen molar-refractivity contribution in [2.45, 2.75) is 45.3 Å². The fraction of sp³-hybridized carbons (Fsp3) is 0.235. The number of hydrogen-bond donors (Lipinski definition) is 0. The Morgan fingerprint density at radius 3 is 2.45 bits per heavy atom. The maximum absolute atomic E-state index is 7.18. The Morgan fingerprint density at radius 2 is 1.71 bits per heavy atom. The summed E-state index contributed by atoms with van der Waals surface area (Å²) in [6, 6.07) is 23.4. The summed E-state index contributed by atoms with van der Waals surface area (Å²) in [6.07, 6.45) is 9.76. The number of fused-ring (bicyclic) bond motifs is 4. The average molecular weight is 541 g/mol. The van der Waals surface area contributed by atoms with Gasteiger partial charge in [0.2, 0.25) is 5.72 Å². The summed E-state index contributed by atoms with van der Waals surface area (Å²) < 4.78 is 7.18. The van der Waals surface area contributed by atoms with Crippen LogP contribution in [-0.4, -0.2) is 12.3 Å². The lowest BCUT2D eigenvalue weighted by Crippen LogP contribution is -2.59. The molecule has 1 unspecified atom stereocenters. The zero-order valence-corrected chi connectivity index (χ0v) is 23.7. The van der Waals surface area contributed by atoms with E-state index >= 15 is 0 Å². The van der Waals surface area contributed by atoms with Crippen molar-refractivity contribution in [3.8, 4) is 16.9 Å². The Kier molecular flexibility index (Phi) is 6.09. The van der Waals surface area contributed by atoms with Gasteiger partial charge in [-0.3, -0.25) is 0 Å². The molecule has 2 aliphatic heterocycles. The van der Waals surface area contributed by atoms with Gasteiger partial charge in [-0.25, -0.2) is 0 Å². The molecule has 0 N–H and O–H groups in total. The SMILES string of the molecule is C/C=C/c1cc2c(c3cccc(-c4ccccc4)c13)C=CC1(O2)N(CCC)c2cc(Cl)c(Cl)cc2C1(C)C. The monoisotopic (exact) mass is 539 g/mol. The maximum Gasteiger partial charge on any atom is 0.212 e. The van der Waals surface area contributed by atoms with E-state index in [9.17, 15) is 0 Å². The van der Waals surface area contributed by atoms with Gasteiger partial charge in [0, 0.05) is 17.8 Å². The van der Waals surface area contributed by atoms with E-state index in [1.54, 1.807) is 0 Å². The summed E-state index contributed by atoms with van der Waals surface area (Å²) in [5.41, 5.74) is 5.83. The highest BCUT2D eigenvalue weighted by Crippen LogP contribution is 2.57. The van der Waals surface area contributed by atoms with Crippen LogP contribution >= 0.6 is 23.2 Å². The third-order valence-electron chi connectivity index (χ3n) is 8.11. The number of nitrogens with zero attached hydrogens (tertiary/aromatic N) is 1. The van der Waals surface area contributed by atoms with E-state index in [1.165, 1.54) is 21.9 Å². The van der Waals surface area contributed by atoms with Crippen LogP contribution in [-0.2, 0) is 5.41 Å². The zero-order valence-electron chi connectivity index (χ0n) is 22.2. The zero-order chi connectivity index (χ0) is 26.7. The highest BCUT2D eigenvalue weighted by Gasteiger charge is 2.59. The fourth-order valence-corrected chi connectivity index (χ4v) is 6.62. The number of allylic oxidation sites excluding steroid dienone is 1. The number of hydrogen-bond acceptors (Lipinski definition) is 2. The van der Waals surface area contributed by atoms with Gasteiger partial charge >= 0.3 is 0 Å². The molecule has 0 saturated heterocycles. The molecule has 4 aromatic carbocycles. The average Bonchev–Trinajstić information content (AvgIpc) is 3.07. The molecular formula is C34H31Cl2NO. The summed E-state index contributed by atoms with van der Waals surface area (Å²) in [5, 5.41) is 3.55. The second-order valence-electron chi connectivity index (χ2n) is 10.7. The Labute approximate surface area is 235 Å². The summed E-state index contributed by atoms with van der Waals surface area (Å²) in [4.78, 5) is 2.36. The van der Waals surface area contributed by atoms with E-state index in [1.807, 2.05) is 12.1 Å². The van der Waals surface area contributed by atoms with E-state index in [2.05, 4.69) is 111 Å². The topological polar surface area (TPSA) is 12.5 Å². The van der Waals surface area contributed by atoms with Crippen molar-refractivity contribution < 1.29 is 4.74 Å². The molecule has 0 radical (unpaired) electrons. The molecular weight excluding hydrogens is 509 g/mol. The molecule has 4 aromatic rings. The van der Waals surface area contributed by atoms with E-state index in [0.29, 0.717) is 10.0 Å². The summed E-state index contributed by atoms with van der Waals surface area (Å²) in [5.74, 6) is 0.887. The molecule has 0 aliphatic carbocycles.